The summed E-state index contributed by atoms with van der Waals surface area (Å²) >= 11 is 2.56. The predicted molar refractivity (Wildman–Crippen MR) is 97.3 cm³/mol. The Hall–Kier alpha value is -2.14. The molecule has 0 radical (unpaired) electrons. The standard InChI is InChI=1S/C15H13N5O2S3/c21-25(22,14-4-1-3-12-15(14)19-24-18-12)17-9-13(11-5-8-23-10-11)20-7-2-6-16-20/h1-8,10,13,17H,9H2. The Morgan fingerprint density at radius 1 is 1.20 bits per heavy atom. The summed E-state index contributed by atoms with van der Waals surface area (Å²) in [5.41, 5.74) is 1.98. The van der Waals surface area contributed by atoms with E-state index in [1.807, 2.05) is 29.1 Å². The maximum absolute atomic E-state index is 12.8. The van der Waals surface area contributed by atoms with E-state index < -0.39 is 10.0 Å². The zero-order valence-electron chi connectivity index (χ0n) is 12.8. The van der Waals surface area contributed by atoms with Crippen LogP contribution in [0.3, 0.4) is 0 Å². The smallest absolute Gasteiger partial charge is 0.242 e. The maximum atomic E-state index is 12.8. The van der Waals surface area contributed by atoms with Crippen molar-refractivity contribution in [3.05, 3.63) is 59.0 Å². The van der Waals surface area contributed by atoms with Crippen LogP contribution in [0.4, 0.5) is 0 Å². The monoisotopic (exact) mass is 391 g/mol. The minimum Gasteiger partial charge on any atom is -0.264 e. The minimum absolute atomic E-state index is 0.142. The molecule has 7 nitrogen and oxygen atoms in total. The molecule has 0 saturated heterocycles. The van der Waals surface area contributed by atoms with Crippen LogP contribution < -0.4 is 4.72 Å². The highest BCUT2D eigenvalue weighted by molar-refractivity contribution is 7.89. The highest BCUT2D eigenvalue weighted by Crippen LogP contribution is 2.23. The Morgan fingerprint density at radius 3 is 2.88 bits per heavy atom. The van der Waals surface area contributed by atoms with E-state index in [9.17, 15) is 8.42 Å². The zero-order valence-corrected chi connectivity index (χ0v) is 15.3. The van der Waals surface area contributed by atoms with Gasteiger partial charge in [0.25, 0.3) is 0 Å². The number of hydrogen-bond donors (Lipinski definition) is 1. The summed E-state index contributed by atoms with van der Waals surface area (Å²) in [6, 6.07) is 8.52. The van der Waals surface area contributed by atoms with Crippen LogP contribution in [-0.4, -0.2) is 33.5 Å². The molecule has 10 heteroatoms. The summed E-state index contributed by atoms with van der Waals surface area (Å²) in [4.78, 5) is 0.142. The Balaban J connectivity index is 1.63. The molecule has 25 heavy (non-hydrogen) atoms. The molecule has 0 amide bonds. The van der Waals surface area contributed by atoms with Gasteiger partial charge in [-0.05, 0) is 40.6 Å². The first-order valence-electron chi connectivity index (χ1n) is 7.37. The van der Waals surface area contributed by atoms with Gasteiger partial charge in [-0.25, -0.2) is 13.1 Å². The molecule has 0 saturated carbocycles. The van der Waals surface area contributed by atoms with Crippen molar-refractivity contribution in [1.82, 2.24) is 23.2 Å². The molecule has 0 aliphatic rings. The molecule has 3 heterocycles. The van der Waals surface area contributed by atoms with Crippen LogP contribution in [0.1, 0.15) is 11.6 Å². The van der Waals surface area contributed by atoms with Gasteiger partial charge in [-0.15, -0.1) is 0 Å². The number of hydrogen-bond acceptors (Lipinski definition) is 7. The first-order chi connectivity index (χ1) is 12.1. The van der Waals surface area contributed by atoms with Gasteiger partial charge in [0.1, 0.15) is 15.9 Å². The number of rotatable bonds is 6. The van der Waals surface area contributed by atoms with Gasteiger partial charge in [-0.2, -0.15) is 25.2 Å². The third-order valence-electron chi connectivity index (χ3n) is 3.78. The number of fused-ring (bicyclic) bond motifs is 1. The lowest BCUT2D eigenvalue weighted by molar-refractivity contribution is 0.506. The van der Waals surface area contributed by atoms with Crippen LogP contribution in [-0.2, 0) is 10.0 Å². The van der Waals surface area contributed by atoms with Crippen molar-refractivity contribution in [3.8, 4) is 0 Å². The Kier molecular flexibility index (Phi) is 4.34. The van der Waals surface area contributed by atoms with Gasteiger partial charge in [0.2, 0.25) is 10.0 Å². The van der Waals surface area contributed by atoms with E-state index in [1.54, 1.807) is 40.4 Å². The van der Waals surface area contributed by atoms with Crippen molar-refractivity contribution in [2.24, 2.45) is 0 Å². The summed E-state index contributed by atoms with van der Waals surface area (Å²) in [7, 11) is -3.72. The molecular formula is C15H13N5O2S3. The molecule has 128 valence electrons. The molecule has 3 aromatic heterocycles. The van der Waals surface area contributed by atoms with E-state index in [2.05, 4.69) is 18.6 Å². The minimum atomic E-state index is -3.72. The number of nitrogens with zero attached hydrogens (tertiary/aromatic N) is 4. The topological polar surface area (TPSA) is 89.8 Å². The first-order valence-corrected chi connectivity index (χ1v) is 10.5. The predicted octanol–water partition coefficient (Wildman–Crippen LogP) is 2.52. The van der Waals surface area contributed by atoms with Crippen molar-refractivity contribution in [2.45, 2.75) is 10.9 Å². The van der Waals surface area contributed by atoms with Gasteiger partial charge in [0, 0.05) is 18.9 Å². The molecule has 0 bridgehead atoms. The van der Waals surface area contributed by atoms with E-state index in [0.29, 0.717) is 11.0 Å². The van der Waals surface area contributed by atoms with E-state index >= 15 is 0 Å². The van der Waals surface area contributed by atoms with Crippen molar-refractivity contribution < 1.29 is 8.42 Å². The van der Waals surface area contributed by atoms with Crippen molar-refractivity contribution in [3.63, 3.8) is 0 Å². The second-order valence-corrected chi connectivity index (χ2v) is 8.34. The van der Waals surface area contributed by atoms with Crippen LogP contribution in [0.25, 0.3) is 11.0 Å². The van der Waals surface area contributed by atoms with Gasteiger partial charge in [-0.1, -0.05) is 6.07 Å². The number of benzene rings is 1. The van der Waals surface area contributed by atoms with Crippen molar-refractivity contribution in [2.75, 3.05) is 6.54 Å². The Bertz CT molecular complexity index is 1040. The number of sulfonamides is 1. The fourth-order valence-corrected chi connectivity index (χ4v) is 5.07. The third-order valence-corrected chi connectivity index (χ3v) is 6.48. The summed E-state index contributed by atoms with van der Waals surface area (Å²) in [6.45, 7) is 0.189. The van der Waals surface area contributed by atoms with Gasteiger partial charge in [0.05, 0.1) is 17.8 Å². The lowest BCUT2D eigenvalue weighted by Crippen LogP contribution is -2.31. The quantitative estimate of drug-likeness (QED) is 0.545. The molecule has 1 N–H and O–H groups in total. The van der Waals surface area contributed by atoms with E-state index in [1.165, 1.54) is 0 Å². The summed E-state index contributed by atoms with van der Waals surface area (Å²) < 4.78 is 38.2. The number of thiophene rings is 1. The summed E-state index contributed by atoms with van der Waals surface area (Å²) in [5.74, 6) is 0. The Labute approximate surface area is 152 Å². The first kappa shape index (κ1) is 16.3. The highest BCUT2D eigenvalue weighted by atomic mass is 32.2. The third kappa shape index (κ3) is 3.21. The lowest BCUT2D eigenvalue weighted by Gasteiger charge is -2.17. The molecule has 0 fully saturated rings. The van der Waals surface area contributed by atoms with E-state index in [4.69, 9.17) is 0 Å². The van der Waals surface area contributed by atoms with Crippen molar-refractivity contribution >= 4 is 44.1 Å². The van der Waals surface area contributed by atoms with Crippen LogP contribution >= 0.6 is 23.1 Å². The molecule has 0 spiro atoms. The highest BCUT2D eigenvalue weighted by Gasteiger charge is 2.23. The van der Waals surface area contributed by atoms with Crippen LogP contribution in [0, 0.1) is 0 Å². The van der Waals surface area contributed by atoms with E-state index in [-0.39, 0.29) is 17.5 Å². The fourth-order valence-electron chi connectivity index (χ4n) is 2.56. The van der Waals surface area contributed by atoms with Gasteiger partial charge in [0.15, 0.2) is 0 Å². The van der Waals surface area contributed by atoms with Crippen LogP contribution in [0.5, 0.6) is 0 Å². The molecular weight excluding hydrogens is 378 g/mol. The Morgan fingerprint density at radius 2 is 2.12 bits per heavy atom. The summed E-state index contributed by atoms with van der Waals surface area (Å²) in [6.07, 6.45) is 3.50. The molecule has 0 aliphatic carbocycles. The largest absolute Gasteiger partial charge is 0.264 e. The molecule has 4 rings (SSSR count). The lowest BCUT2D eigenvalue weighted by atomic mass is 10.1. The summed E-state index contributed by atoms with van der Waals surface area (Å²) in [5, 5.41) is 8.21. The zero-order chi connectivity index (χ0) is 17.3. The molecule has 1 aromatic carbocycles. The average molecular weight is 392 g/mol. The van der Waals surface area contributed by atoms with Gasteiger partial charge < -0.3 is 0 Å². The maximum Gasteiger partial charge on any atom is 0.242 e. The fraction of sp³-hybridized carbons (Fsp3) is 0.133. The molecule has 4 aromatic rings. The van der Waals surface area contributed by atoms with E-state index in [0.717, 1.165) is 17.3 Å². The SMILES string of the molecule is O=S(=O)(NCC(c1ccsc1)n1cccn1)c1cccc2nsnc12. The molecule has 1 unspecified atom stereocenters. The van der Waals surface area contributed by atoms with Crippen LogP contribution in [0.15, 0.2) is 58.4 Å². The second kappa shape index (κ2) is 6.64. The van der Waals surface area contributed by atoms with Gasteiger partial charge >= 0.3 is 0 Å². The number of aromatic nitrogens is 4. The average Bonchev–Trinajstić information content (AvgIpc) is 3.36. The van der Waals surface area contributed by atoms with Gasteiger partial charge in [-0.3, -0.25) is 4.68 Å². The number of nitrogens with one attached hydrogen (secondary N) is 1. The van der Waals surface area contributed by atoms with Crippen molar-refractivity contribution in [1.29, 1.82) is 0 Å². The van der Waals surface area contributed by atoms with Crippen LogP contribution in [0.2, 0.25) is 0 Å². The normalized spacial score (nSPS) is 13.3. The second-order valence-electron chi connectivity index (χ2n) is 5.30. The molecule has 1 atom stereocenters. The molecule has 0 aliphatic heterocycles.